The first kappa shape index (κ1) is 18.9. The monoisotopic (exact) mass is 385 g/mol. The maximum absolute atomic E-state index is 12.3. The van der Waals surface area contributed by atoms with Crippen LogP contribution in [-0.4, -0.2) is 28.2 Å². The van der Waals surface area contributed by atoms with Gasteiger partial charge in [-0.1, -0.05) is 49.0 Å². The van der Waals surface area contributed by atoms with Gasteiger partial charge >= 0.3 is 0 Å². The quantitative estimate of drug-likeness (QED) is 0.496. The van der Waals surface area contributed by atoms with Gasteiger partial charge in [0.25, 0.3) is 0 Å². The van der Waals surface area contributed by atoms with Crippen LogP contribution < -0.4 is 5.32 Å². The van der Waals surface area contributed by atoms with Crippen LogP contribution in [-0.2, 0) is 4.79 Å². The van der Waals surface area contributed by atoms with Crippen molar-refractivity contribution in [3.8, 4) is 0 Å². The van der Waals surface area contributed by atoms with Crippen molar-refractivity contribution in [2.75, 3.05) is 12.3 Å². The molecular formula is C20H23N3OS2. The number of thiophene rings is 1. The lowest BCUT2D eigenvalue weighted by Crippen LogP contribution is -2.29. The highest BCUT2D eigenvalue weighted by molar-refractivity contribution is 8.00. The van der Waals surface area contributed by atoms with Gasteiger partial charge in [0.2, 0.25) is 5.91 Å². The van der Waals surface area contributed by atoms with Crippen molar-refractivity contribution in [3.63, 3.8) is 0 Å². The Bertz CT molecular complexity index is 922. The second kappa shape index (κ2) is 8.18. The Hall–Kier alpha value is -1.92. The van der Waals surface area contributed by atoms with E-state index in [1.165, 1.54) is 27.8 Å². The lowest BCUT2D eigenvalue weighted by atomic mass is 10.0. The zero-order valence-electron chi connectivity index (χ0n) is 15.5. The molecule has 1 aromatic carbocycles. The summed E-state index contributed by atoms with van der Waals surface area (Å²) in [6.07, 6.45) is 0. The number of thioether (sulfide) groups is 1. The zero-order chi connectivity index (χ0) is 18.7. The number of benzene rings is 1. The van der Waals surface area contributed by atoms with Crippen LogP contribution in [0.25, 0.3) is 10.2 Å². The lowest BCUT2D eigenvalue weighted by molar-refractivity contribution is -0.118. The predicted octanol–water partition coefficient (Wildman–Crippen LogP) is 4.63. The summed E-state index contributed by atoms with van der Waals surface area (Å²) in [4.78, 5) is 23.7. The third kappa shape index (κ3) is 4.24. The van der Waals surface area contributed by atoms with Crippen LogP contribution in [0.3, 0.4) is 0 Å². The van der Waals surface area contributed by atoms with Gasteiger partial charge in [-0.25, -0.2) is 9.97 Å². The number of nitrogens with zero attached hydrogens (tertiary/aromatic N) is 2. The van der Waals surface area contributed by atoms with Crippen LogP contribution in [0.5, 0.6) is 0 Å². The molecule has 0 radical (unpaired) electrons. The third-order valence-electron chi connectivity index (χ3n) is 4.42. The molecule has 0 aliphatic heterocycles. The van der Waals surface area contributed by atoms with E-state index in [0.29, 0.717) is 18.2 Å². The number of amides is 1. The van der Waals surface area contributed by atoms with Gasteiger partial charge in [-0.05, 0) is 37.8 Å². The summed E-state index contributed by atoms with van der Waals surface area (Å²) in [5.74, 6) is 1.44. The Kier molecular flexibility index (Phi) is 5.94. The predicted molar refractivity (Wildman–Crippen MR) is 110 cm³/mol. The molecule has 0 spiro atoms. The fourth-order valence-electron chi connectivity index (χ4n) is 2.77. The molecule has 0 aliphatic rings. The number of rotatable bonds is 6. The second-order valence-electron chi connectivity index (χ2n) is 6.44. The van der Waals surface area contributed by atoms with Gasteiger partial charge in [0, 0.05) is 16.8 Å². The minimum atomic E-state index is 0.0341. The first-order valence-corrected chi connectivity index (χ1v) is 10.4. The van der Waals surface area contributed by atoms with E-state index in [2.05, 4.69) is 48.2 Å². The van der Waals surface area contributed by atoms with Crippen LogP contribution >= 0.6 is 23.1 Å². The maximum Gasteiger partial charge on any atom is 0.230 e. The van der Waals surface area contributed by atoms with Gasteiger partial charge in [0.1, 0.15) is 15.7 Å². The fraction of sp³-hybridized carbons (Fsp3) is 0.350. The van der Waals surface area contributed by atoms with Gasteiger partial charge in [-0.15, -0.1) is 11.3 Å². The van der Waals surface area contributed by atoms with Gasteiger partial charge in [-0.3, -0.25) is 4.79 Å². The van der Waals surface area contributed by atoms with Crippen LogP contribution in [0.4, 0.5) is 0 Å². The Labute approximate surface area is 162 Å². The molecule has 0 unspecified atom stereocenters. The molecule has 3 aromatic rings. The molecule has 1 N–H and O–H groups in total. The van der Waals surface area contributed by atoms with E-state index in [-0.39, 0.29) is 5.91 Å². The van der Waals surface area contributed by atoms with Crippen LogP contribution in [0.1, 0.15) is 34.7 Å². The molecule has 1 atom stereocenters. The molecule has 2 heterocycles. The van der Waals surface area contributed by atoms with Crippen LogP contribution in [0, 0.1) is 20.8 Å². The summed E-state index contributed by atoms with van der Waals surface area (Å²) >= 11 is 3.18. The van der Waals surface area contributed by atoms with Crippen molar-refractivity contribution < 1.29 is 4.79 Å². The summed E-state index contributed by atoms with van der Waals surface area (Å²) < 4.78 is 0. The second-order valence-corrected chi connectivity index (χ2v) is 8.61. The lowest BCUT2D eigenvalue weighted by Gasteiger charge is -2.13. The highest BCUT2D eigenvalue weighted by Gasteiger charge is 2.15. The van der Waals surface area contributed by atoms with Crippen molar-refractivity contribution >= 4 is 39.2 Å². The third-order valence-corrected chi connectivity index (χ3v) is 6.50. The molecule has 0 bridgehead atoms. The Morgan fingerprint density at radius 3 is 2.65 bits per heavy atom. The topological polar surface area (TPSA) is 54.9 Å². The van der Waals surface area contributed by atoms with Gasteiger partial charge in [0.05, 0.1) is 5.75 Å². The Morgan fingerprint density at radius 1 is 1.19 bits per heavy atom. The van der Waals surface area contributed by atoms with Crippen LogP contribution in [0.15, 0.2) is 35.4 Å². The summed E-state index contributed by atoms with van der Waals surface area (Å²) in [5.41, 5.74) is 2.45. The number of aryl methyl sites for hydroxylation is 3. The van der Waals surface area contributed by atoms with E-state index in [1.807, 2.05) is 25.1 Å². The molecule has 0 saturated carbocycles. The summed E-state index contributed by atoms with van der Waals surface area (Å²) in [7, 11) is 0. The number of carbonyl (C=O) groups is 1. The largest absolute Gasteiger partial charge is 0.355 e. The summed E-state index contributed by atoms with van der Waals surface area (Å²) in [5, 5.41) is 5.03. The van der Waals surface area contributed by atoms with Crippen LogP contribution in [0.2, 0.25) is 0 Å². The normalized spacial score (nSPS) is 12.3. The minimum Gasteiger partial charge on any atom is -0.355 e. The molecule has 3 rings (SSSR count). The molecule has 0 fully saturated rings. The Morgan fingerprint density at radius 2 is 1.92 bits per heavy atom. The minimum absolute atomic E-state index is 0.0341. The first-order valence-electron chi connectivity index (χ1n) is 8.64. The number of hydrogen-bond acceptors (Lipinski definition) is 5. The van der Waals surface area contributed by atoms with Gasteiger partial charge < -0.3 is 5.32 Å². The van der Waals surface area contributed by atoms with Crippen molar-refractivity contribution in [2.45, 2.75) is 38.6 Å². The fourth-order valence-corrected chi connectivity index (χ4v) is 4.87. The maximum atomic E-state index is 12.3. The van der Waals surface area contributed by atoms with E-state index in [9.17, 15) is 4.79 Å². The van der Waals surface area contributed by atoms with Crippen molar-refractivity contribution in [1.82, 2.24) is 15.3 Å². The van der Waals surface area contributed by atoms with Gasteiger partial charge in [0.15, 0.2) is 0 Å². The molecule has 1 amide bonds. The van der Waals surface area contributed by atoms with E-state index >= 15 is 0 Å². The molecule has 26 heavy (non-hydrogen) atoms. The molecule has 136 valence electrons. The van der Waals surface area contributed by atoms with E-state index < -0.39 is 0 Å². The molecule has 2 aromatic heterocycles. The molecule has 6 heteroatoms. The highest BCUT2D eigenvalue weighted by Crippen LogP contribution is 2.34. The SMILES string of the molecule is Cc1nc(SCC(=O)NC[C@@H](C)c2ccccc2)c2c(C)c(C)sc2n1. The number of hydrogen-bond donors (Lipinski definition) is 1. The number of nitrogens with one attached hydrogen (secondary N) is 1. The number of aromatic nitrogens is 2. The van der Waals surface area contributed by atoms with Gasteiger partial charge in [-0.2, -0.15) is 0 Å². The van der Waals surface area contributed by atoms with E-state index in [4.69, 9.17) is 0 Å². The van der Waals surface area contributed by atoms with Crippen molar-refractivity contribution in [2.24, 2.45) is 0 Å². The smallest absolute Gasteiger partial charge is 0.230 e. The number of carbonyl (C=O) groups excluding carboxylic acids is 1. The zero-order valence-corrected chi connectivity index (χ0v) is 17.1. The Balaban J connectivity index is 1.62. The standard InChI is InChI=1S/C20H23N3OS2/c1-12(16-8-6-5-7-9-16)10-21-17(24)11-25-19-18-13(2)14(3)26-20(18)23-15(4)22-19/h5-9,12H,10-11H2,1-4H3,(H,21,24)/t12-/m1/s1. The average Bonchev–Trinajstić information content (AvgIpc) is 2.92. The van der Waals surface area contributed by atoms with Crippen molar-refractivity contribution in [3.05, 3.63) is 52.2 Å². The number of fused-ring (bicyclic) bond motifs is 1. The van der Waals surface area contributed by atoms with E-state index in [1.54, 1.807) is 11.3 Å². The summed E-state index contributed by atoms with van der Waals surface area (Å²) in [6.45, 7) is 8.85. The van der Waals surface area contributed by atoms with E-state index in [0.717, 1.165) is 21.1 Å². The molecule has 0 saturated heterocycles. The molecule has 4 nitrogen and oxygen atoms in total. The molecule has 0 aliphatic carbocycles. The average molecular weight is 386 g/mol. The van der Waals surface area contributed by atoms with Crippen molar-refractivity contribution in [1.29, 1.82) is 0 Å². The first-order chi connectivity index (χ1) is 12.5. The molecular weight excluding hydrogens is 362 g/mol. The highest BCUT2D eigenvalue weighted by atomic mass is 32.2. The summed E-state index contributed by atoms with van der Waals surface area (Å²) in [6, 6.07) is 10.2.